The average Bonchev–Trinajstić information content (AvgIpc) is 0.918. The van der Waals surface area contributed by atoms with E-state index < -0.39 is 8.34 Å². The van der Waals surface area contributed by atoms with Crippen LogP contribution in [-0.4, -0.2) is 26.2 Å². The molecule has 0 fully saturated rings. The summed E-state index contributed by atoms with van der Waals surface area (Å²) in [4.78, 5) is 0. The van der Waals surface area contributed by atoms with E-state index in [4.69, 9.17) is 9.13 Å². The van der Waals surface area contributed by atoms with E-state index in [1.54, 1.807) is 0 Å². The molecular weight excluding hydrogens is 368 g/mol. The van der Waals surface area contributed by atoms with E-state index in [0.29, 0.717) is 0 Å². The first-order chi connectivity index (χ1) is 1.41. The Hall–Kier alpha value is 1.47. The van der Waals surface area contributed by atoms with Crippen LogP contribution in [0.1, 0.15) is 0 Å². The van der Waals surface area contributed by atoms with Gasteiger partial charge in [0.15, 0.2) is 0 Å². The maximum atomic E-state index is 8.40. The van der Waals surface area contributed by atoms with E-state index in [9.17, 15) is 0 Å². The summed E-state index contributed by atoms with van der Waals surface area (Å²) in [5, 5.41) is 0. The SMILES string of the molecule is O=[PH]=O.[Bi].[Mo]. The molecule has 0 bridgehead atoms. The molecule has 0 aromatic heterocycles. The van der Waals surface area contributed by atoms with E-state index in [-0.39, 0.29) is 47.3 Å². The predicted octanol–water partition coefficient (Wildman–Crippen LogP) is -0.0274. The van der Waals surface area contributed by atoms with Gasteiger partial charge in [0, 0.05) is 47.3 Å². The third-order valence-corrected chi connectivity index (χ3v) is 0. The van der Waals surface area contributed by atoms with Crippen molar-refractivity contribution in [2.45, 2.75) is 0 Å². The molecule has 5 heteroatoms. The molecule has 0 rings (SSSR count). The van der Waals surface area contributed by atoms with Crippen LogP contribution < -0.4 is 0 Å². The van der Waals surface area contributed by atoms with Crippen LogP contribution in [0.3, 0.4) is 0 Å². The zero-order valence-corrected chi connectivity index (χ0v) is 8.66. The van der Waals surface area contributed by atoms with E-state index in [1.807, 2.05) is 0 Å². The van der Waals surface area contributed by atoms with Crippen LogP contribution in [0.25, 0.3) is 0 Å². The van der Waals surface area contributed by atoms with Crippen LogP contribution in [0.4, 0.5) is 0 Å². The minimum absolute atomic E-state index is 0. The van der Waals surface area contributed by atoms with Gasteiger partial charge in [-0.25, -0.2) is 9.13 Å². The van der Waals surface area contributed by atoms with Gasteiger partial charge in [-0.3, -0.25) is 0 Å². The summed E-state index contributed by atoms with van der Waals surface area (Å²) in [5.74, 6) is 0. The maximum absolute atomic E-state index is 8.40. The summed E-state index contributed by atoms with van der Waals surface area (Å²) >= 11 is 0. The molecular formula is HBiMoO2P. The summed E-state index contributed by atoms with van der Waals surface area (Å²) in [6.45, 7) is 0. The summed E-state index contributed by atoms with van der Waals surface area (Å²) in [6, 6.07) is 0. The zero-order chi connectivity index (χ0) is 2.71. The van der Waals surface area contributed by atoms with Gasteiger partial charge in [-0.05, 0) is 0 Å². The first kappa shape index (κ1) is 16.1. The molecule has 0 atom stereocenters. The molecule has 0 amide bonds. The second-order valence-corrected chi connectivity index (χ2v) is 0.250. The Labute approximate surface area is 64.3 Å². The van der Waals surface area contributed by atoms with Crippen molar-refractivity contribution in [1.82, 2.24) is 0 Å². The minimum Gasteiger partial charge on any atom is -0.241 e. The second-order valence-electron chi connectivity index (χ2n) is 0.0833. The van der Waals surface area contributed by atoms with Gasteiger partial charge in [0.2, 0.25) is 0 Å². The number of rotatable bonds is 0. The van der Waals surface area contributed by atoms with Crippen molar-refractivity contribution in [3.05, 3.63) is 0 Å². The Morgan fingerprint density at radius 3 is 1.20 bits per heavy atom. The Kier molecular flexibility index (Phi) is 57.6. The van der Waals surface area contributed by atoms with Crippen molar-refractivity contribution >= 4 is 34.5 Å². The van der Waals surface area contributed by atoms with Crippen molar-refractivity contribution in [1.29, 1.82) is 0 Å². The van der Waals surface area contributed by atoms with Crippen LogP contribution in [0.5, 0.6) is 0 Å². The summed E-state index contributed by atoms with van der Waals surface area (Å²) in [5.41, 5.74) is 0. The first-order valence-corrected chi connectivity index (χ1v) is 1.22. The standard InChI is InChI=1S/Bi.Mo.HO2P/c;;1-3-2/h;;3H. The molecule has 2 nitrogen and oxygen atoms in total. The molecule has 3 radical (unpaired) electrons. The molecule has 0 aromatic rings. The average molecular weight is 369 g/mol. The molecule has 0 aliphatic carbocycles. The van der Waals surface area contributed by atoms with E-state index in [2.05, 4.69) is 0 Å². The van der Waals surface area contributed by atoms with Gasteiger partial charge in [-0.2, -0.15) is 0 Å². The summed E-state index contributed by atoms with van der Waals surface area (Å²) in [7, 11) is -1.42. The van der Waals surface area contributed by atoms with Crippen LogP contribution in [-0.2, 0) is 30.2 Å². The molecule has 0 aliphatic heterocycles. The fourth-order valence-corrected chi connectivity index (χ4v) is 0. The van der Waals surface area contributed by atoms with E-state index in [1.165, 1.54) is 0 Å². The van der Waals surface area contributed by atoms with Gasteiger partial charge in [0.05, 0.1) is 0 Å². The third-order valence-electron chi connectivity index (χ3n) is 0. The third kappa shape index (κ3) is 30.5. The quantitative estimate of drug-likeness (QED) is 0.444. The Morgan fingerprint density at radius 1 is 1.20 bits per heavy atom. The molecule has 0 saturated carbocycles. The topological polar surface area (TPSA) is 34.1 Å². The molecule has 0 unspecified atom stereocenters. The van der Waals surface area contributed by atoms with E-state index >= 15 is 0 Å². The van der Waals surface area contributed by atoms with E-state index in [0.717, 1.165) is 0 Å². The van der Waals surface area contributed by atoms with Gasteiger partial charge in [0.1, 0.15) is 0 Å². The van der Waals surface area contributed by atoms with Gasteiger partial charge < -0.3 is 0 Å². The smallest absolute Gasteiger partial charge is 0.241 e. The Morgan fingerprint density at radius 2 is 1.20 bits per heavy atom. The normalized spacial score (nSPS) is 2.40. The van der Waals surface area contributed by atoms with Gasteiger partial charge >= 0.3 is 8.34 Å². The molecule has 0 heterocycles. The van der Waals surface area contributed by atoms with Crippen LogP contribution in [0, 0.1) is 0 Å². The van der Waals surface area contributed by atoms with Crippen LogP contribution in [0.15, 0.2) is 0 Å². The second kappa shape index (κ2) is 17.9. The first-order valence-electron chi connectivity index (χ1n) is 0.408. The van der Waals surface area contributed by atoms with Crippen molar-refractivity contribution in [3.63, 3.8) is 0 Å². The summed E-state index contributed by atoms with van der Waals surface area (Å²) < 4.78 is 16.8. The fourth-order valence-electron chi connectivity index (χ4n) is 0. The van der Waals surface area contributed by atoms with Crippen molar-refractivity contribution in [2.24, 2.45) is 0 Å². The van der Waals surface area contributed by atoms with Gasteiger partial charge in [-0.15, -0.1) is 0 Å². The fraction of sp³-hybridized carbons (Fsp3) is 0. The predicted molar refractivity (Wildman–Crippen MR) is 15.4 cm³/mol. The van der Waals surface area contributed by atoms with Crippen molar-refractivity contribution in [2.75, 3.05) is 0 Å². The minimum atomic E-state index is -1.42. The van der Waals surface area contributed by atoms with Crippen molar-refractivity contribution < 1.29 is 30.2 Å². The molecule has 29 valence electrons. The monoisotopic (exact) mass is 371 g/mol. The molecule has 5 heavy (non-hydrogen) atoms. The number of hydrogen-bond acceptors (Lipinski definition) is 2. The molecule has 0 spiro atoms. The number of hydrogen-bond donors (Lipinski definition) is 0. The Bertz CT molecular complexity index is 30.6. The van der Waals surface area contributed by atoms with Crippen LogP contribution >= 0.6 is 8.34 Å². The van der Waals surface area contributed by atoms with Crippen LogP contribution in [0.2, 0.25) is 0 Å². The molecule has 0 aliphatic rings. The molecule has 0 N–H and O–H groups in total. The van der Waals surface area contributed by atoms with Gasteiger partial charge in [0.25, 0.3) is 0 Å². The van der Waals surface area contributed by atoms with Gasteiger partial charge in [-0.1, -0.05) is 0 Å². The maximum Gasteiger partial charge on any atom is 0.303 e. The molecule has 0 aromatic carbocycles. The Balaban J connectivity index is -0.0000000200. The largest absolute Gasteiger partial charge is 0.303 e. The zero-order valence-electron chi connectivity index (χ0n) is 2.17. The molecule has 0 saturated heterocycles. The summed E-state index contributed by atoms with van der Waals surface area (Å²) in [6.07, 6.45) is 0. The van der Waals surface area contributed by atoms with Crippen molar-refractivity contribution in [3.8, 4) is 0 Å².